The average molecular weight is 178 g/mol. The number of nitrogens with zero attached hydrogens (tertiary/aromatic N) is 3. The molecule has 0 rings (SSSR count). The molecule has 0 amide bonds. The number of hydrazine groups is 2. The summed E-state index contributed by atoms with van der Waals surface area (Å²) in [6, 6.07) is 0. The van der Waals surface area contributed by atoms with Crippen LogP contribution >= 0.6 is 0 Å². The summed E-state index contributed by atoms with van der Waals surface area (Å²) in [5.74, 6) is 0. The highest BCUT2D eigenvalue weighted by atomic mass is 16.6. The zero-order valence-electron chi connectivity index (χ0n) is 6.68. The molecule has 72 valence electrons. The van der Waals surface area contributed by atoms with Crippen LogP contribution in [0.3, 0.4) is 0 Å². The first kappa shape index (κ1) is 11.2. The Bertz CT molecular complexity index is 116. The van der Waals surface area contributed by atoms with Crippen LogP contribution in [0, 0.1) is 4.91 Å². The molecule has 12 heavy (non-hydrogen) atoms. The lowest BCUT2D eigenvalue weighted by Gasteiger charge is -2.22. The Hall–Kier alpha value is -0.800. The maximum atomic E-state index is 9.72. The first-order valence-electron chi connectivity index (χ1n) is 3.48. The van der Waals surface area contributed by atoms with Gasteiger partial charge in [-0.1, -0.05) is 0 Å². The van der Waals surface area contributed by atoms with E-state index in [-0.39, 0.29) is 5.28 Å². The van der Waals surface area contributed by atoms with Gasteiger partial charge in [0.2, 0.25) is 0 Å². The van der Waals surface area contributed by atoms with Crippen LogP contribution in [0.2, 0.25) is 0 Å². The summed E-state index contributed by atoms with van der Waals surface area (Å²) in [6.45, 7) is 1.70. The third-order valence-corrected chi connectivity index (χ3v) is 1.11. The maximum Gasteiger partial charge on any atom is 0.0972 e. The van der Waals surface area contributed by atoms with Crippen molar-refractivity contribution < 1.29 is 5.21 Å². The monoisotopic (exact) mass is 178 g/mol. The van der Waals surface area contributed by atoms with E-state index in [4.69, 9.17) is 16.7 Å². The van der Waals surface area contributed by atoms with Crippen molar-refractivity contribution in [3.05, 3.63) is 4.91 Å². The molecule has 0 unspecified atom stereocenters. The predicted molar refractivity (Wildman–Crippen MR) is 42.2 cm³/mol. The fourth-order valence-electron chi connectivity index (χ4n) is 0.668. The number of nitroso groups, excluding NO2 is 1. The second-order valence-electron chi connectivity index (χ2n) is 2.04. The molecule has 8 nitrogen and oxygen atoms in total. The minimum Gasteiger partial charge on any atom is -0.329 e. The highest BCUT2D eigenvalue weighted by Crippen LogP contribution is 1.81. The number of hydrogen-bond acceptors (Lipinski definition) is 7. The van der Waals surface area contributed by atoms with E-state index in [0.717, 1.165) is 0 Å². The Morgan fingerprint density at radius 2 is 1.83 bits per heavy atom. The van der Waals surface area contributed by atoms with Crippen molar-refractivity contribution in [1.82, 2.24) is 15.8 Å². The van der Waals surface area contributed by atoms with Crippen LogP contribution in [0.4, 0.5) is 0 Å². The average Bonchev–Trinajstić information content (AvgIpc) is 2.05. The van der Waals surface area contributed by atoms with Crippen molar-refractivity contribution in [2.24, 2.45) is 16.8 Å². The number of nitrogens with two attached hydrogens (primary N) is 2. The lowest BCUT2D eigenvalue weighted by atomic mass is 10.5. The standard InChI is InChI=1S/C4H14N6O2/c5-1-3-9(4-2-6)7-10(12)8-11/h7,12H,1-6H2. The van der Waals surface area contributed by atoms with Crippen molar-refractivity contribution in [2.75, 3.05) is 26.2 Å². The molecule has 0 heterocycles. The normalized spacial score (nSPS) is 10.3. The molecule has 0 aliphatic heterocycles. The molecule has 0 aliphatic carbocycles. The number of rotatable bonds is 7. The lowest BCUT2D eigenvalue weighted by Crippen LogP contribution is -2.49. The summed E-state index contributed by atoms with van der Waals surface area (Å²) >= 11 is 0. The van der Waals surface area contributed by atoms with E-state index < -0.39 is 0 Å². The summed E-state index contributed by atoms with van der Waals surface area (Å²) in [5.41, 5.74) is 12.7. The van der Waals surface area contributed by atoms with Crippen LogP contribution < -0.4 is 17.0 Å². The molecular weight excluding hydrogens is 164 g/mol. The van der Waals surface area contributed by atoms with Crippen LogP contribution in [-0.4, -0.2) is 41.7 Å². The molecule has 0 atom stereocenters. The first-order chi connectivity index (χ1) is 5.74. The molecule has 0 aliphatic rings. The van der Waals surface area contributed by atoms with E-state index in [9.17, 15) is 4.91 Å². The molecule has 0 aromatic carbocycles. The summed E-state index contributed by atoms with van der Waals surface area (Å²) in [4.78, 5) is 9.72. The second kappa shape index (κ2) is 6.88. The minimum absolute atomic E-state index is 0.0608. The van der Waals surface area contributed by atoms with Gasteiger partial charge < -0.3 is 11.5 Å². The summed E-state index contributed by atoms with van der Waals surface area (Å²) in [6.07, 6.45) is 0. The lowest BCUT2D eigenvalue weighted by molar-refractivity contribution is -0.190. The molecular formula is C4H14N6O2. The van der Waals surface area contributed by atoms with Crippen molar-refractivity contribution in [3.8, 4) is 0 Å². The van der Waals surface area contributed by atoms with Crippen LogP contribution in [0.25, 0.3) is 0 Å². The van der Waals surface area contributed by atoms with Gasteiger partial charge in [0.1, 0.15) is 0 Å². The second-order valence-corrected chi connectivity index (χ2v) is 2.04. The van der Waals surface area contributed by atoms with E-state index in [1.54, 1.807) is 0 Å². The fourth-order valence-corrected chi connectivity index (χ4v) is 0.668. The molecule has 0 bridgehead atoms. The van der Waals surface area contributed by atoms with Gasteiger partial charge in [0.15, 0.2) is 0 Å². The molecule has 0 aromatic rings. The molecule has 8 heteroatoms. The quantitative estimate of drug-likeness (QED) is 0.263. The van der Waals surface area contributed by atoms with Gasteiger partial charge in [-0.15, -0.1) is 10.4 Å². The van der Waals surface area contributed by atoms with Gasteiger partial charge in [-0.2, -0.15) is 0 Å². The Balaban J connectivity index is 3.68. The van der Waals surface area contributed by atoms with E-state index in [0.29, 0.717) is 26.2 Å². The fraction of sp³-hybridized carbons (Fsp3) is 1.00. The predicted octanol–water partition coefficient (Wildman–Crippen LogP) is -2.00. The van der Waals surface area contributed by atoms with Gasteiger partial charge in [-0.25, -0.2) is 5.01 Å². The molecule has 0 fully saturated rings. The molecule has 6 N–H and O–H groups in total. The molecule has 0 saturated heterocycles. The van der Waals surface area contributed by atoms with Crippen LogP contribution in [0.5, 0.6) is 0 Å². The molecule has 0 saturated carbocycles. The zero-order chi connectivity index (χ0) is 9.40. The van der Waals surface area contributed by atoms with Crippen molar-refractivity contribution in [2.45, 2.75) is 0 Å². The van der Waals surface area contributed by atoms with Gasteiger partial charge in [0, 0.05) is 26.2 Å². The highest BCUT2D eigenvalue weighted by molar-refractivity contribution is 4.50. The highest BCUT2D eigenvalue weighted by Gasteiger charge is 2.04. The summed E-state index contributed by atoms with van der Waals surface area (Å²) in [5, 5.41) is 12.3. The van der Waals surface area contributed by atoms with E-state index in [1.165, 1.54) is 5.01 Å². The van der Waals surface area contributed by atoms with Crippen molar-refractivity contribution in [1.29, 1.82) is 0 Å². The Labute approximate surface area is 69.9 Å². The first-order valence-corrected chi connectivity index (χ1v) is 3.48. The van der Waals surface area contributed by atoms with Crippen molar-refractivity contribution >= 4 is 0 Å². The van der Waals surface area contributed by atoms with E-state index in [1.807, 2.05) is 0 Å². The van der Waals surface area contributed by atoms with Gasteiger partial charge in [-0.05, 0) is 5.28 Å². The van der Waals surface area contributed by atoms with Crippen LogP contribution in [0.15, 0.2) is 5.29 Å². The van der Waals surface area contributed by atoms with Crippen molar-refractivity contribution in [3.63, 3.8) is 0 Å². The maximum absolute atomic E-state index is 9.72. The molecule has 0 radical (unpaired) electrons. The zero-order valence-corrected chi connectivity index (χ0v) is 6.68. The van der Waals surface area contributed by atoms with E-state index in [2.05, 4.69) is 10.8 Å². The topological polar surface area (TPSA) is 120 Å². The molecule has 0 aromatic heterocycles. The molecule has 0 spiro atoms. The third-order valence-electron chi connectivity index (χ3n) is 1.11. The van der Waals surface area contributed by atoms with E-state index >= 15 is 0 Å². The number of hydrogen-bond donors (Lipinski definition) is 4. The van der Waals surface area contributed by atoms with Gasteiger partial charge >= 0.3 is 0 Å². The SMILES string of the molecule is NCCN(CCN)NN(O)N=O. The minimum atomic E-state index is 0.0608. The van der Waals surface area contributed by atoms with Gasteiger partial charge in [0.25, 0.3) is 0 Å². The smallest absolute Gasteiger partial charge is 0.0972 e. The summed E-state index contributed by atoms with van der Waals surface area (Å²) < 4.78 is 0. The van der Waals surface area contributed by atoms with Gasteiger partial charge in [-0.3, -0.25) is 5.21 Å². The summed E-state index contributed by atoms with van der Waals surface area (Å²) in [7, 11) is 0. The largest absolute Gasteiger partial charge is 0.329 e. The Morgan fingerprint density at radius 1 is 1.33 bits per heavy atom. The van der Waals surface area contributed by atoms with Crippen LogP contribution in [0.1, 0.15) is 0 Å². The van der Waals surface area contributed by atoms with Crippen LogP contribution in [-0.2, 0) is 0 Å². The van der Waals surface area contributed by atoms with Gasteiger partial charge in [0.05, 0.1) is 5.29 Å². The Morgan fingerprint density at radius 3 is 2.17 bits per heavy atom. The Kier molecular flexibility index (Phi) is 6.42. The number of nitrogens with one attached hydrogen (secondary N) is 1. The third kappa shape index (κ3) is 4.93.